The highest BCUT2D eigenvalue weighted by Crippen LogP contribution is 2.21. The molecule has 0 aliphatic carbocycles. The maximum atomic E-state index is 12.7. The maximum Gasteiger partial charge on any atom is 0.236 e. The smallest absolute Gasteiger partial charge is 0.236 e. The Morgan fingerprint density at radius 2 is 1.69 bits per heavy atom. The third kappa shape index (κ3) is 4.57. The SMILES string of the molecule is Cc1ccc(N2CCN(CC(=O)N3CCN(C(C)C)CC3)CC2C)cc1. The molecule has 0 bridgehead atoms. The van der Waals surface area contributed by atoms with Crippen LogP contribution in [0.4, 0.5) is 5.69 Å². The Morgan fingerprint density at radius 1 is 1.04 bits per heavy atom. The summed E-state index contributed by atoms with van der Waals surface area (Å²) in [5.41, 5.74) is 2.59. The minimum Gasteiger partial charge on any atom is -0.366 e. The highest BCUT2D eigenvalue weighted by molar-refractivity contribution is 5.78. The number of piperazine rings is 2. The van der Waals surface area contributed by atoms with Crippen LogP contribution in [-0.2, 0) is 4.79 Å². The Kier molecular flexibility index (Phi) is 6.20. The molecule has 1 atom stereocenters. The number of rotatable bonds is 4. The number of hydrogen-bond donors (Lipinski definition) is 0. The predicted octanol–water partition coefficient (Wildman–Crippen LogP) is 2.06. The average Bonchev–Trinajstić information content (AvgIpc) is 2.63. The molecule has 2 aliphatic heterocycles. The van der Waals surface area contributed by atoms with Crippen molar-refractivity contribution in [3.8, 4) is 0 Å². The first-order chi connectivity index (χ1) is 12.4. The first-order valence-corrected chi connectivity index (χ1v) is 10.0. The second-order valence-electron chi connectivity index (χ2n) is 8.12. The first-order valence-electron chi connectivity index (χ1n) is 10.0. The molecule has 0 spiro atoms. The second-order valence-corrected chi connectivity index (χ2v) is 8.12. The molecular formula is C21H34N4O. The number of amides is 1. The Morgan fingerprint density at radius 3 is 2.27 bits per heavy atom. The zero-order chi connectivity index (χ0) is 18.7. The number of anilines is 1. The van der Waals surface area contributed by atoms with Crippen LogP contribution in [0.2, 0.25) is 0 Å². The van der Waals surface area contributed by atoms with E-state index in [0.717, 1.165) is 45.8 Å². The summed E-state index contributed by atoms with van der Waals surface area (Å²) in [7, 11) is 0. The molecule has 1 amide bonds. The molecule has 0 aromatic heterocycles. The largest absolute Gasteiger partial charge is 0.366 e. The fourth-order valence-electron chi connectivity index (χ4n) is 4.08. The molecule has 0 radical (unpaired) electrons. The molecule has 0 saturated carbocycles. The van der Waals surface area contributed by atoms with Gasteiger partial charge in [0.15, 0.2) is 0 Å². The second kappa shape index (κ2) is 8.40. The minimum atomic E-state index is 0.296. The fourth-order valence-corrected chi connectivity index (χ4v) is 4.08. The summed E-state index contributed by atoms with van der Waals surface area (Å²) < 4.78 is 0. The zero-order valence-electron chi connectivity index (χ0n) is 16.8. The van der Waals surface area contributed by atoms with E-state index >= 15 is 0 Å². The highest BCUT2D eigenvalue weighted by atomic mass is 16.2. The molecule has 26 heavy (non-hydrogen) atoms. The third-order valence-electron chi connectivity index (χ3n) is 5.83. The summed E-state index contributed by atoms with van der Waals surface area (Å²) in [6.07, 6.45) is 0. The summed E-state index contributed by atoms with van der Waals surface area (Å²) in [4.78, 5) is 22.0. The van der Waals surface area contributed by atoms with Gasteiger partial charge in [-0.1, -0.05) is 17.7 Å². The van der Waals surface area contributed by atoms with Crippen molar-refractivity contribution in [2.45, 2.75) is 39.8 Å². The lowest BCUT2D eigenvalue weighted by atomic mass is 10.1. The minimum absolute atomic E-state index is 0.296. The van der Waals surface area contributed by atoms with Gasteiger partial charge in [-0.2, -0.15) is 0 Å². The van der Waals surface area contributed by atoms with E-state index in [0.29, 0.717) is 24.5 Å². The molecule has 2 fully saturated rings. The molecule has 1 aromatic carbocycles. The van der Waals surface area contributed by atoms with Crippen LogP contribution in [0.5, 0.6) is 0 Å². The van der Waals surface area contributed by atoms with Gasteiger partial charge >= 0.3 is 0 Å². The topological polar surface area (TPSA) is 30.0 Å². The van der Waals surface area contributed by atoms with Crippen LogP contribution in [0.25, 0.3) is 0 Å². The van der Waals surface area contributed by atoms with Crippen LogP contribution < -0.4 is 4.90 Å². The summed E-state index contributed by atoms with van der Waals surface area (Å²) in [5, 5.41) is 0. The van der Waals surface area contributed by atoms with E-state index < -0.39 is 0 Å². The van der Waals surface area contributed by atoms with Gasteiger partial charge in [0.05, 0.1) is 6.54 Å². The molecule has 2 aliphatic rings. The van der Waals surface area contributed by atoms with Crippen LogP contribution in [-0.4, -0.2) is 85.0 Å². The summed E-state index contributed by atoms with van der Waals surface area (Å²) in [6, 6.07) is 9.77. The molecular weight excluding hydrogens is 324 g/mol. The Labute approximate surface area is 158 Å². The number of aryl methyl sites for hydroxylation is 1. The van der Waals surface area contributed by atoms with Gasteiger partial charge in [-0.15, -0.1) is 0 Å². The van der Waals surface area contributed by atoms with Crippen LogP contribution >= 0.6 is 0 Å². The van der Waals surface area contributed by atoms with Crippen molar-refractivity contribution in [3.05, 3.63) is 29.8 Å². The van der Waals surface area contributed by atoms with Gasteiger partial charge in [-0.05, 0) is 39.8 Å². The normalized spacial score (nSPS) is 22.9. The van der Waals surface area contributed by atoms with Crippen LogP contribution in [0.1, 0.15) is 26.3 Å². The monoisotopic (exact) mass is 358 g/mol. The highest BCUT2D eigenvalue weighted by Gasteiger charge is 2.28. The summed E-state index contributed by atoms with van der Waals surface area (Å²) in [5.74, 6) is 0.296. The van der Waals surface area contributed by atoms with Crippen LogP contribution in [0.3, 0.4) is 0 Å². The van der Waals surface area contributed by atoms with Gasteiger partial charge in [0.25, 0.3) is 0 Å². The average molecular weight is 359 g/mol. The van der Waals surface area contributed by atoms with Gasteiger partial charge in [0.2, 0.25) is 5.91 Å². The van der Waals surface area contributed by atoms with E-state index in [-0.39, 0.29) is 0 Å². The van der Waals surface area contributed by atoms with Gasteiger partial charge < -0.3 is 9.80 Å². The van der Waals surface area contributed by atoms with Crippen molar-refractivity contribution in [1.82, 2.24) is 14.7 Å². The predicted molar refractivity (Wildman–Crippen MR) is 108 cm³/mol. The molecule has 0 N–H and O–H groups in total. The lowest BCUT2D eigenvalue weighted by Crippen LogP contribution is -2.56. The molecule has 5 nitrogen and oxygen atoms in total. The van der Waals surface area contributed by atoms with Gasteiger partial charge in [-0.3, -0.25) is 14.6 Å². The fraction of sp³-hybridized carbons (Fsp3) is 0.667. The Bertz CT molecular complexity index is 593. The van der Waals surface area contributed by atoms with Crippen molar-refractivity contribution in [1.29, 1.82) is 0 Å². The third-order valence-corrected chi connectivity index (χ3v) is 5.83. The van der Waals surface area contributed by atoms with Crippen molar-refractivity contribution >= 4 is 11.6 Å². The van der Waals surface area contributed by atoms with Crippen molar-refractivity contribution < 1.29 is 4.79 Å². The van der Waals surface area contributed by atoms with Crippen molar-refractivity contribution in [2.75, 3.05) is 57.3 Å². The maximum absolute atomic E-state index is 12.7. The number of carbonyl (C=O) groups excluding carboxylic acids is 1. The molecule has 144 valence electrons. The summed E-state index contributed by atoms with van der Waals surface area (Å²) in [6.45, 7) is 16.0. The van der Waals surface area contributed by atoms with Gasteiger partial charge in [0.1, 0.15) is 0 Å². The molecule has 1 aromatic rings. The lowest BCUT2D eigenvalue weighted by molar-refractivity contribution is -0.134. The number of carbonyl (C=O) groups is 1. The molecule has 5 heteroatoms. The van der Waals surface area contributed by atoms with E-state index in [1.807, 2.05) is 0 Å². The zero-order valence-corrected chi connectivity index (χ0v) is 16.8. The molecule has 1 unspecified atom stereocenters. The van der Waals surface area contributed by atoms with E-state index in [9.17, 15) is 4.79 Å². The summed E-state index contributed by atoms with van der Waals surface area (Å²) >= 11 is 0. The van der Waals surface area contributed by atoms with Gasteiger partial charge in [-0.25, -0.2) is 0 Å². The molecule has 3 rings (SSSR count). The molecule has 2 heterocycles. The van der Waals surface area contributed by atoms with E-state index in [4.69, 9.17) is 0 Å². The van der Waals surface area contributed by atoms with Gasteiger partial charge in [0, 0.05) is 63.6 Å². The molecule has 2 saturated heterocycles. The number of benzene rings is 1. The Balaban J connectivity index is 1.48. The van der Waals surface area contributed by atoms with E-state index in [1.54, 1.807) is 0 Å². The van der Waals surface area contributed by atoms with E-state index in [2.05, 4.69) is 71.6 Å². The van der Waals surface area contributed by atoms with Crippen molar-refractivity contribution in [2.24, 2.45) is 0 Å². The van der Waals surface area contributed by atoms with Crippen LogP contribution in [0.15, 0.2) is 24.3 Å². The van der Waals surface area contributed by atoms with Crippen LogP contribution in [0, 0.1) is 6.92 Å². The standard InChI is InChI=1S/C21H34N4O/c1-17(2)23-10-12-24(13-11-23)21(26)16-22-9-14-25(19(4)15-22)20-7-5-18(3)6-8-20/h5-8,17,19H,9-16H2,1-4H3. The number of nitrogens with zero attached hydrogens (tertiary/aromatic N) is 4. The van der Waals surface area contributed by atoms with Crippen molar-refractivity contribution in [3.63, 3.8) is 0 Å². The lowest BCUT2D eigenvalue weighted by Gasteiger charge is -2.42. The Hall–Kier alpha value is -1.59. The van der Waals surface area contributed by atoms with E-state index in [1.165, 1.54) is 11.3 Å². The number of hydrogen-bond acceptors (Lipinski definition) is 4. The quantitative estimate of drug-likeness (QED) is 0.824. The first kappa shape index (κ1) is 19.2.